The van der Waals surface area contributed by atoms with Gasteiger partial charge in [0, 0.05) is 30.3 Å². The Balaban J connectivity index is 1.71. The third-order valence-electron chi connectivity index (χ3n) is 4.77. The van der Waals surface area contributed by atoms with Crippen molar-refractivity contribution in [2.45, 2.75) is 63.7 Å². The first-order chi connectivity index (χ1) is 9.87. The summed E-state index contributed by atoms with van der Waals surface area (Å²) in [6.07, 6.45) is 5.52. The normalized spacial score (nSPS) is 27.5. The van der Waals surface area contributed by atoms with E-state index in [1.54, 1.807) is 0 Å². The van der Waals surface area contributed by atoms with Crippen molar-refractivity contribution in [2.24, 2.45) is 5.92 Å². The predicted molar refractivity (Wildman–Crippen MR) is 91.8 cm³/mol. The number of hydrogen-bond acceptors (Lipinski definition) is 3. The Hall–Kier alpha value is -0.220. The summed E-state index contributed by atoms with van der Waals surface area (Å²) in [7, 11) is 2.25. The second-order valence-corrected chi connectivity index (χ2v) is 9.56. The zero-order valence-corrected chi connectivity index (χ0v) is 15.0. The van der Waals surface area contributed by atoms with Crippen LogP contribution in [-0.2, 0) is 4.79 Å². The van der Waals surface area contributed by atoms with Crippen LogP contribution in [0.5, 0.6) is 0 Å². The predicted octanol–water partition coefficient (Wildman–Crippen LogP) is 3.24. The van der Waals surface area contributed by atoms with E-state index in [0.29, 0.717) is 16.6 Å². The molecule has 0 saturated carbocycles. The largest absolute Gasteiger partial charge is 0.342 e. The molecule has 2 saturated heterocycles. The van der Waals surface area contributed by atoms with E-state index < -0.39 is 0 Å². The molecule has 4 heteroatoms. The van der Waals surface area contributed by atoms with Gasteiger partial charge in [0.15, 0.2) is 0 Å². The first-order valence-electron chi connectivity index (χ1n) is 8.49. The lowest BCUT2D eigenvalue weighted by Crippen LogP contribution is -2.53. The van der Waals surface area contributed by atoms with Crippen molar-refractivity contribution in [3.8, 4) is 0 Å². The van der Waals surface area contributed by atoms with Gasteiger partial charge in [0.05, 0.1) is 0 Å². The van der Waals surface area contributed by atoms with Gasteiger partial charge >= 0.3 is 0 Å². The number of piperidine rings is 2. The van der Waals surface area contributed by atoms with Gasteiger partial charge in [0.25, 0.3) is 0 Å². The van der Waals surface area contributed by atoms with Crippen LogP contribution < -0.4 is 0 Å². The van der Waals surface area contributed by atoms with Crippen LogP contribution in [-0.4, -0.2) is 58.9 Å². The highest BCUT2D eigenvalue weighted by Crippen LogP contribution is 2.30. The first-order valence-corrected chi connectivity index (χ1v) is 9.47. The Morgan fingerprint density at radius 3 is 2.71 bits per heavy atom. The Bertz CT molecular complexity index is 353. The van der Waals surface area contributed by atoms with Crippen molar-refractivity contribution in [3.63, 3.8) is 0 Å². The molecule has 2 aliphatic heterocycles. The van der Waals surface area contributed by atoms with E-state index >= 15 is 0 Å². The molecule has 2 aliphatic rings. The lowest BCUT2D eigenvalue weighted by atomic mass is 9.84. The zero-order valence-electron chi connectivity index (χ0n) is 14.2. The molecule has 1 amide bonds. The number of rotatable bonds is 4. The molecule has 2 unspecified atom stereocenters. The summed E-state index contributed by atoms with van der Waals surface area (Å²) in [6.45, 7) is 9.92. The maximum Gasteiger partial charge on any atom is 0.222 e. The third kappa shape index (κ3) is 5.17. The molecule has 0 spiro atoms. The van der Waals surface area contributed by atoms with E-state index in [1.807, 2.05) is 11.8 Å². The summed E-state index contributed by atoms with van der Waals surface area (Å²) in [4.78, 5) is 17.0. The molecule has 0 aromatic heterocycles. The number of nitrogens with zero attached hydrogens (tertiary/aromatic N) is 2. The van der Waals surface area contributed by atoms with Crippen molar-refractivity contribution in [1.82, 2.24) is 9.80 Å². The number of carbonyl (C=O) groups excluding carboxylic acids is 1. The number of likely N-dealkylation sites (tertiary alicyclic amines) is 2. The minimum atomic E-state index is 0.314. The second-order valence-electron chi connectivity index (χ2n) is 7.64. The minimum absolute atomic E-state index is 0.314. The summed E-state index contributed by atoms with van der Waals surface area (Å²) in [5.74, 6) is 2.19. The van der Waals surface area contributed by atoms with Crippen LogP contribution in [0.2, 0.25) is 0 Å². The van der Waals surface area contributed by atoms with E-state index in [-0.39, 0.29) is 0 Å². The second kappa shape index (κ2) is 7.36. The highest BCUT2D eigenvalue weighted by molar-refractivity contribution is 8.00. The molecule has 0 aliphatic carbocycles. The highest BCUT2D eigenvalue weighted by Gasteiger charge is 2.35. The average Bonchev–Trinajstić information content (AvgIpc) is 2.42. The average molecular weight is 313 g/mol. The Labute approximate surface area is 134 Å². The van der Waals surface area contributed by atoms with Crippen LogP contribution in [0.1, 0.15) is 52.9 Å². The van der Waals surface area contributed by atoms with Gasteiger partial charge in [-0.05, 0) is 50.9 Å². The van der Waals surface area contributed by atoms with E-state index in [1.165, 1.54) is 25.8 Å². The van der Waals surface area contributed by atoms with Crippen molar-refractivity contribution < 1.29 is 4.79 Å². The smallest absolute Gasteiger partial charge is 0.222 e. The molecule has 2 heterocycles. The summed E-state index contributed by atoms with van der Waals surface area (Å²) in [5.41, 5.74) is 0. The molecular formula is C17H32N2OS. The summed E-state index contributed by atoms with van der Waals surface area (Å²) in [6, 6.07) is 0.722. The van der Waals surface area contributed by atoms with E-state index in [4.69, 9.17) is 0 Å². The minimum Gasteiger partial charge on any atom is -0.342 e. The highest BCUT2D eigenvalue weighted by atomic mass is 32.2. The lowest BCUT2D eigenvalue weighted by Gasteiger charge is -2.46. The molecule has 2 rings (SSSR count). The quantitative estimate of drug-likeness (QED) is 0.745. The van der Waals surface area contributed by atoms with Crippen LogP contribution in [0.25, 0.3) is 0 Å². The van der Waals surface area contributed by atoms with Crippen molar-refractivity contribution in [3.05, 3.63) is 0 Å². The van der Waals surface area contributed by atoms with Crippen molar-refractivity contribution in [1.29, 1.82) is 0 Å². The van der Waals surface area contributed by atoms with Crippen LogP contribution in [0.4, 0.5) is 0 Å². The summed E-state index contributed by atoms with van der Waals surface area (Å²) in [5, 5.41) is 0. The molecule has 122 valence electrons. The number of thioether (sulfide) groups is 1. The van der Waals surface area contributed by atoms with E-state index in [0.717, 1.165) is 37.7 Å². The van der Waals surface area contributed by atoms with Crippen molar-refractivity contribution in [2.75, 3.05) is 32.4 Å². The van der Waals surface area contributed by atoms with Gasteiger partial charge in [-0.25, -0.2) is 0 Å². The molecule has 0 aromatic rings. The fourth-order valence-electron chi connectivity index (χ4n) is 3.64. The summed E-state index contributed by atoms with van der Waals surface area (Å²) < 4.78 is 0.314. The monoisotopic (exact) mass is 312 g/mol. The van der Waals surface area contributed by atoms with E-state index in [9.17, 15) is 4.79 Å². The third-order valence-corrected chi connectivity index (χ3v) is 6.13. The molecular weight excluding hydrogens is 280 g/mol. The topological polar surface area (TPSA) is 23.6 Å². The maximum atomic E-state index is 12.4. The van der Waals surface area contributed by atoms with Crippen LogP contribution in [0, 0.1) is 5.92 Å². The van der Waals surface area contributed by atoms with Gasteiger partial charge in [-0.1, -0.05) is 20.8 Å². The van der Waals surface area contributed by atoms with Gasteiger partial charge < -0.3 is 9.80 Å². The standard InChI is InChI=1S/C17H32N2OS/c1-17(2,3)21-12-6-8-16(20)19-11-9-15-14(13-19)7-5-10-18(15)4/h14-15H,5-13H2,1-4H3. The number of fused-ring (bicyclic) bond motifs is 1. The number of carbonyl (C=O) groups is 1. The number of amides is 1. The molecule has 0 bridgehead atoms. The van der Waals surface area contributed by atoms with Gasteiger partial charge in [0.2, 0.25) is 5.91 Å². The van der Waals surface area contributed by atoms with Crippen LogP contribution >= 0.6 is 11.8 Å². The molecule has 2 atom stereocenters. The SMILES string of the molecule is CN1CCCC2CN(C(=O)CCCSC(C)(C)C)CCC21. The van der Waals surface area contributed by atoms with Crippen molar-refractivity contribution >= 4 is 17.7 Å². The summed E-state index contributed by atoms with van der Waals surface area (Å²) >= 11 is 1.96. The number of hydrogen-bond donors (Lipinski definition) is 0. The zero-order chi connectivity index (χ0) is 15.5. The lowest BCUT2D eigenvalue weighted by molar-refractivity contribution is -0.134. The molecule has 21 heavy (non-hydrogen) atoms. The van der Waals surface area contributed by atoms with Gasteiger partial charge in [0.1, 0.15) is 0 Å². The Morgan fingerprint density at radius 1 is 1.24 bits per heavy atom. The van der Waals surface area contributed by atoms with E-state index in [2.05, 4.69) is 37.6 Å². The maximum absolute atomic E-state index is 12.4. The fourth-order valence-corrected chi connectivity index (χ4v) is 4.54. The molecule has 2 fully saturated rings. The molecule has 0 radical (unpaired) electrons. The van der Waals surface area contributed by atoms with Crippen LogP contribution in [0.3, 0.4) is 0 Å². The van der Waals surface area contributed by atoms with Gasteiger partial charge in [-0.3, -0.25) is 4.79 Å². The molecule has 0 aromatic carbocycles. The molecule has 3 nitrogen and oxygen atoms in total. The molecule has 0 N–H and O–H groups in total. The Kier molecular flexibility index (Phi) is 6.01. The van der Waals surface area contributed by atoms with Gasteiger partial charge in [-0.2, -0.15) is 11.8 Å². The van der Waals surface area contributed by atoms with Gasteiger partial charge in [-0.15, -0.1) is 0 Å². The first kappa shape index (κ1) is 17.1. The Morgan fingerprint density at radius 2 is 2.00 bits per heavy atom. The van der Waals surface area contributed by atoms with Crippen LogP contribution in [0.15, 0.2) is 0 Å². The fraction of sp³-hybridized carbons (Fsp3) is 0.941.